The van der Waals surface area contributed by atoms with Gasteiger partial charge in [0.1, 0.15) is 5.75 Å². The van der Waals surface area contributed by atoms with Gasteiger partial charge in [0.05, 0.1) is 13.2 Å². The van der Waals surface area contributed by atoms with Crippen molar-refractivity contribution in [3.05, 3.63) is 60.2 Å². The van der Waals surface area contributed by atoms with Crippen molar-refractivity contribution in [2.75, 3.05) is 26.1 Å². The lowest BCUT2D eigenvalue weighted by Crippen LogP contribution is -2.32. The molecule has 2 N–H and O–H groups in total. The van der Waals surface area contributed by atoms with Crippen LogP contribution < -0.4 is 15.4 Å². The third-order valence-electron chi connectivity index (χ3n) is 3.25. The Balaban J connectivity index is 1.86. The molecule has 5 heteroatoms. The van der Waals surface area contributed by atoms with Crippen molar-refractivity contribution in [2.24, 2.45) is 0 Å². The molecule has 0 aliphatic rings. The van der Waals surface area contributed by atoms with Crippen molar-refractivity contribution in [1.82, 2.24) is 5.32 Å². The maximum atomic E-state index is 11.9. The van der Waals surface area contributed by atoms with Crippen molar-refractivity contribution >= 4 is 11.7 Å². The quantitative estimate of drug-likeness (QED) is 0.861. The van der Waals surface area contributed by atoms with E-state index in [1.54, 1.807) is 38.5 Å². The number of hydrogen-bond acceptors (Lipinski definition) is 3. The van der Waals surface area contributed by atoms with Gasteiger partial charge in [-0.3, -0.25) is 0 Å². The summed E-state index contributed by atoms with van der Waals surface area (Å²) < 4.78 is 10.5. The fourth-order valence-electron chi connectivity index (χ4n) is 2.04. The van der Waals surface area contributed by atoms with E-state index in [1.807, 2.05) is 30.3 Å². The molecule has 22 heavy (non-hydrogen) atoms. The standard InChI is InChI=1S/C17H20N2O3/c1-21-15-10-8-14(9-11-15)19-17(20)18-12-16(22-2)13-6-4-3-5-7-13/h3-11,16H,12H2,1-2H3,(H2,18,19,20). The van der Waals surface area contributed by atoms with Gasteiger partial charge in [-0.1, -0.05) is 30.3 Å². The van der Waals surface area contributed by atoms with Crippen LogP contribution in [0.5, 0.6) is 5.75 Å². The maximum Gasteiger partial charge on any atom is 0.319 e. The van der Waals surface area contributed by atoms with Gasteiger partial charge in [0.15, 0.2) is 0 Å². The van der Waals surface area contributed by atoms with Crippen LogP contribution in [0, 0.1) is 0 Å². The van der Waals surface area contributed by atoms with E-state index in [0.717, 1.165) is 11.3 Å². The summed E-state index contributed by atoms with van der Waals surface area (Å²) in [6.07, 6.45) is -0.178. The number of benzene rings is 2. The SMILES string of the molecule is COc1ccc(NC(=O)NCC(OC)c2ccccc2)cc1. The third-order valence-corrected chi connectivity index (χ3v) is 3.25. The number of carbonyl (C=O) groups excluding carboxylic acids is 1. The van der Waals surface area contributed by atoms with E-state index in [4.69, 9.17) is 9.47 Å². The van der Waals surface area contributed by atoms with E-state index in [1.165, 1.54) is 0 Å². The Morgan fingerprint density at radius 3 is 2.32 bits per heavy atom. The number of ether oxygens (including phenoxy) is 2. The van der Waals surface area contributed by atoms with E-state index in [9.17, 15) is 4.79 Å². The van der Waals surface area contributed by atoms with E-state index in [-0.39, 0.29) is 12.1 Å². The summed E-state index contributed by atoms with van der Waals surface area (Å²) in [7, 11) is 3.23. The highest BCUT2D eigenvalue weighted by Crippen LogP contribution is 2.16. The third kappa shape index (κ3) is 4.49. The molecule has 2 aromatic carbocycles. The van der Waals surface area contributed by atoms with Crippen LogP contribution in [0.15, 0.2) is 54.6 Å². The predicted molar refractivity (Wildman–Crippen MR) is 86.2 cm³/mol. The highest BCUT2D eigenvalue weighted by atomic mass is 16.5. The fraction of sp³-hybridized carbons (Fsp3) is 0.235. The van der Waals surface area contributed by atoms with Crippen LogP contribution in [0.3, 0.4) is 0 Å². The molecule has 0 heterocycles. The van der Waals surface area contributed by atoms with Crippen LogP contribution in [0.2, 0.25) is 0 Å². The smallest absolute Gasteiger partial charge is 0.319 e. The molecule has 0 aromatic heterocycles. The molecule has 0 fully saturated rings. The first kappa shape index (κ1) is 15.9. The van der Waals surface area contributed by atoms with E-state index in [0.29, 0.717) is 12.2 Å². The van der Waals surface area contributed by atoms with Crippen LogP contribution in [0.1, 0.15) is 11.7 Å². The van der Waals surface area contributed by atoms with Crippen LogP contribution in [-0.2, 0) is 4.74 Å². The largest absolute Gasteiger partial charge is 0.497 e. The van der Waals surface area contributed by atoms with Crippen LogP contribution in [0.4, 0.5) is 10.5 Å². The number of hydrogen-bond donors (Lipinski definition) is 2. The normalized spacial score (nSPS) is 11.5. The Morgan fingerprint density at radius 1 is 1.05 bits per heavy atom. The minimum Gasteiger partial charge on any atom is -0.497 e. The average Bonchev–Trinajstić information content (AvgIpc) is 2.57. The van der Waals surface area contributed by atoms with Gasteiger partial charge in [-0.25, -0.2) is 4.79 Å². The first-order valence-electron chi connectivity index (χ1n) is 6.99. The Bertz CT molecular complexity index is 585. The van der Waals surface area contributed by atoms with Crippen LogP contribution >= 0.6 is 0 Å². The molecule has 0 bridgehead atoms. The average molecular weight is 300 g/mol. The molecular weight excluding hydrogens is 280 g/mol. The highest BCUT2D eigenvalue weighted by Gasteiger charge is 2.11. The molecule has 2 aromatic rings. The van der Waals surface area contributed by atoms with Gasteiger partial charge < -0.3 is 20.1 Å². The summed E-state index contributed by atoms with van der Waals surface area (Å²) in [5, 5.41) is 5.57. The lowest BCUT2D eigenvalue weighted by molar-refractivity contribution is 0.104. The number of urea groups is 1. The predicted octanol–water partition coefficient (Wildman–Crippen LogP) is 3.20. The zero-order valence-electron chi connectivity index (χ0n) is 12.7. The number of methoxy groups -OCH3 is 2. The first-order chi connectivity index (χ1) is 10.7. The molecule has 1 atom stereocenters. The summed E-state index contributed by atoms with van der Waals surface area (Å²) >= 11 is 0. The van der Waals surface area contributed by atoms with Gasteiger partial charge >= 0.3 is 6.03 Å². The molecule has 0 saturated carbocycles. The molecule has 0 aliphatic heterocycles. The summed E-state index contributed by atoms with van der Waals surface area (Å²) in [6.45, 7) is 0.391. The summed E-state index contributed by atoms with van der Waals surface area (Å²) in [4.78, 5) is 11.9. The molecule has 116 valence electrons. The van der Waals surface area contributed by atoms with Crippen LogP contribution in [-0.4, -0.2) is 26.8 Å². The molecule has 0 radical (unpaired) electrons. The Hall–Kier alpha value is -2.53. The second-order valence-electron chi connectivity index (χ2n) is 4.70. The second kappa shape index (κ2) is 8.05. The molecule has 5 nitrogen and oxygen atoms in total. The lowest BCUT2D eigenvalue weighted by Gasteiger charge is -2.16. The van der Waals surface area contributed by atoms with Crippen molar-refractivity contribution in [3.63, 3.8) is 0 Å². The lowest BCUT2D eigenvalue weighted by atomic mass is 10.1. The summed E-state index contributed by atoms with van der Waals surface area (Å²) in [5.41, 5.74) is 1.72. The first-order valence-corrected chi connectivity index (χ1v) is 6.99. The Morgan fingerprint density at radius 2 is 1.73 bits per heavy atom. The molecule has 0 aliphatic carbocycles. The maximum absolute atomic E-state index is 11.9. The number of amides is 2. The molecule has 2 amide bonds. The van der Waals surface area contributed by atoms with Crippen molar-refractivity contribution in [1.29, 1.82) is 0 Å². The number of rotatable bonds is 6. The molecular formula is C17H20N2O3. The van der Waals surface area contributed by atoms with Crippen molar-refractivity contribution < 1.29 is 14.3 Å². The highest BCUT2D eigenvalue weighted by molar-refractivity contribution is 5.89. The zero-order chi connectivity index (χ0) is 15.8. The number of carbonyl (C=O) groups is 1. The molecule has 0 saturated heterocycles. The van der Waals surface area contributed by atoms with E-state index >= 15 is 0 Å². The molecule has 1 unspecified atom stereocenters. The van der Waals surface area contributed by atoms with Gasteiger partial charge in [0.2, 0.25) is 0 Å². The number of anilines is 1. The van der Waals surface area contributed by atoms with E-state index < -0.39 is 0 Å². The molecule has 0 spiro atoms. The summed E-state index contributed by atoms with van der Waals surface area (Å²) in [6, 6.07) is 16.6. The Labute approximate surface area is 130 Å². The van der Waals surface area contributed by atoms with E-state index in [2.05, 4.69) is 10.6 Å². The second-order valence-corrected chi connectivity index (χ2v) is 4.70. The van der Waals surface area contributed by atoms with Gasteiger partial charge in [0, 0.05) is 19.3 Å². The zero-order valence-corrected chi connectivity index (χ0v) is 12.7. The summed E-state index contributed by atoms with van der Waals surface area (Å²) in [5.74, 6) is 0.745. The minimum atomic E-state index is -0.275. The number of nitrogens with one attached hydrogen (secondary N) is 2. The minimum absolute atomic E-state index is 0.178. The van der Waals surface area contributed by atoms with Crippen molar-refractivity contribution in [2.45, 2.75) is 6.10 Å². The Kier molecular flexibility index (Phi) is 5.80. The topological polar surface area (TPSA) is 59.6 Å². The fourth-order valence-corrected chi connectivity index (χ4v) is 2.04. The van der Waals surface area contributed by atoms with Gasteiger partial charge in [-0.05, 0) is 29.8 Å². The van der Waals surface area contributed by atoms with Crippen LogP contribution in [0.25, 0.3) is 0 Å². The van der Waals surface area contributed by atoms with Gasteiger partial charge in [-0.2, -0.15) is 0 Å². The van der Waals surface area contributed by atoms with Gasteiger partial charge in [-0.15, -0.1) is 0 Å². The molecule has 2 rings (SSSR count). The monoisotopic (exact) mass is 300 g/mol. The van der Waals surface area contributed by atoms with Crippen molar-refractivity contribution in [3.8, 4) is 5.75 Å². The van der Waals surface area contributed by atoms with Gasteiger partial charge in [0.25, 0.3) is 0 Å².